The number of piperidine rings is 1. The van der Waals surface area contributed by atoms with Crippen LogP contribution in [-0.2, 0) is 4.79 Å². The molecule has 1 saturated heterocycles. The molecule has 2 amide bonds. The number of carbonyl (C=O) groups is 2. The van der Waals surface area contributed by atoms with Crippen LogP contribution >= 0.6 is 0 Å². The molecule has 1 N–H and O–H groups in total. The van der Waals surface area contributed by atoms with Gasteiger partial charge >= 0.3 is 0 Å². The van der Waals surface area contributed by atoms with Crippen LogP contribution in [0.2, 0.25) is 0 Å². The molecule has 1 aromatic rings. The van der Waals surface area contributed by atoms with Gasteiger partial charge in [-0.05, 0) is 91.6 Å². The van der Waals surface area contributed by atoms with Crippen molar-refractivity contribution in [2.24, 2.45) is 34.5 Å². The maximum Gasteiger partial charge on any atom is 0.251 e. The van der Waals surface area contributed by atoms with Gasteiger partial charge in [0.05, 0.1) is 0 Å². The minimum absolute atomic E-state index is 0.0595. The van der Waals surface area contributed by atoms with Gasteiger partial charge in [0, 0.05) is 31.6 Å². The molecule has 4 aliphatic rings. The molecular weight excluding hydrogens is 384 g/mol. The first-order chi connectivity index (χ1) is 14.8. The van der Waals surface area contributed by atoms with Gasteiger partial charge in [-0.15, -0.1) is 0 Å². The van der Waals surface area contributed by atoms with Crippen molar-refractivity contribution >= 4 is 11.8 Å². The van der Waals surface area contributed by atoms with Crippen LogP contribution in [0.5, 0.6) is 0 Å². The lowest BCUT2D eigenvalue weighted by Crippen LogP contribution is -2.61. The number of rotatable bonds is 3. The van der Waals surface area contributed by atoms with Crippen LogP contribution < -0.4 is 5.32 Å². The van der Waals surface area contributed by atoms with Gasteiger partial charge in [-0.25, -0.2) is 0 Å². The zero-order valence-corrected chi connectivity index (χ0v) is 19.4. The van der Waals surface area contributed by atoms with E-state index in [1.165, 1.54) is 38.5 Å². The molecule has 168 valence electrons. The van der Waals surface area contributed by atoms with Gasteiger partial charge in [-0.1, -0.05) is 32.0 Å². The Morgan fingerprint density at radius 3 is 2.52 bits per heavy atom. The minimum atomic E-state index is 0.0595. The van der Waals surface area contributed by atoms with Crippen LogP contribution in [-0.4, -0.2) is 36.3 Å². The second-order valence-corrected chi connectivity index (χ2v) is 11.4. The first kappa shape index (κ1) is 21.0. The maximum atomic E-state index is 12.6. The van der Waals surface area contributed by atoms with E-state index in [-0.39, 0.29) is 11.3 Å². The van der Waals surface area contributed by atoms with Crippen molar-refractivity contribution in [2.45, 2.75) is 71.3 Å². The van der Waals surface area contributed by atoms with Gasteiger partial charge in [0.15, 0.2) is 0 Å². The molecular formula is C27H38N2O2. The molecule has 5 rings (SSSR count). The third-order valence-electron chi connectivity index (χ3n) is 10.3. The molecule has 1 aromatic carbocycles. The van der Waals surface area contributed by atoms with Crippen molar-refractivity contribution in [1.29, 1.82) is 0 Å². The Morgan fingerprint density at radius 1 is 1.00 bits per heavy atom. The SMILES string of the molecule is CN1C(=O)CC[C@]2(C)[C@H]3CC[C@]4(C)C(CNC(=O)c5ccccc5)CC[C@H]4[C@@H]3CC[C@@H]12. The molecule has 0 radical (unpaired) electrons. The Balaban J connectivity index is 1.29. The molecule has 0 bridgehead atoms. The first-order valence-corrected chi connectivity index (χ1v) is 12.4. The topological polar surface area (TPSA) is 49.4 Å². The molecule has 4 heteroatoms. The molecule has 7 atom stereocenters. The zero-order chi connectivity index (χ0) is 21.8. The lowest BCUT2D eigenvalue weighted by Gasteiger charge is -2.61. The molecule has 1 unspecified atom stereocenters. The average molecular weight is 423 g/mol. The van der Waals surface area contributed by atoms with Crippen molar-refractivity contribution in [3.8, 4) is 0 Å². The van der Waals surface area contributed by atoms with E-state index in [0.29, 0.717) is 23.3 Å². The standard InChI is InChI=1S/C27H38N2O2/c1-26-15-13-22-20(10-12-23-27(22,2)16-14-24(30)29(23)3)21(26)11-9-19(26)17-28-25(31)18-7-5-4-6-8-18/h4-8,19-23H,9-17H2,1-3H3,(H,28,31)/t19?,20-,21-,22-,23+,26+,27+/m0/s1. The fraction of sp³-hybridized carbons (Fsp3) is 0.704. The summed E-state index contributed by atoms with van der Waals surface area (Å²) in [4.78, 5) is 27.0. The molecule has 3 aliphatic carbocycles. The van der Waals surface area contributed by atoms with Crippen LogP contribution in [0.1, 0.15) is 75.6 Å². The number of fused-ring (bicyclic) bond motifs is 5. The third-order valence-corrected chi connectivity index (χ3v) is 10.3. The number of hydrogen-bond donors (Lipinski definition) is 1. The zero-order valence-electron chi connectivity index (χ0n) is 19.4. The molecule has 1 aliphatic heterocycles. The van der Waals surface area contributed by atoms with Gasteiger partial charge in [0.2, 0.25) is 5.91 Å². The molecule has 0 aromatic heterocycles. The van der Waals surface area contributed by atoms with Crippen molar-refractivity contribution in [3.05, 3.63) is 35.9 Å². The maximum absolute atomic E-state index is 12.6. The summed E-state index contributed by atoms with van der Waals surface area (Å²) in [7, 11) is 2.04. The summed E-state index contributed by atoms with van der Waals surface area (Å²) in [5.41, 5.74) is 1.38. The Bertz CT molecular complexity index is 854. The monoisotopic (exact) mass is 422 g/mol. The normalized spacial score (nSPS) is 41.8. The van der Waals surface area contributed by atoms with Crippen LogP contribution in [0.25, 0.3) is 0 Å². The first-order valence-electron chi connectivity index (χ1n) is 12.4. The number of benzene rings is 1. The lowest BCUT2D eigenvalue weighted by molar-refractivity contribution is -0.158. The van der Waals surface area contributed by atoms with Crippen LogP contribution in [0, 0.1) is 34.5 Å². The summed E-state index contributed by atoms with van der Waals surface area (Å²) in [5, 5.41) is 3.25. The number of amides is 2. The smallest absolute Gasteiger partial charge is 0.251 e. The molecule has 31 heavy (non-hydrogen) atoms. The highest BCUT2D eigenvalue weighted by Gasteiger charge is 2.60. The highest BCUT2D eigenvalue weighted by Crippen LogP contribution is 2.66. The van der Waals surface area contributed by atoms with Crippen molar-refractivity contribution < 1.29 is 9.59 Å². The van der Waals surface area contributed by atoms with E-state index in [1.54, 1.807) is 0 Å². The molecule has 3 saturated carbocycles. The summed E-state index contributed by atoms with van der Waals surface area (Å²) in [6, 6.07) is 10.0. The van der Waals surface area contributed by atoms with Gasteiger partial charge in [-0.3, -0.25) is 9.59 Å². The number of hydrogen-bond acceptors (Lipinski definition) is 2. The van der Waals surface area contributed by atoms with Crippen LogP contribution in [0.15, 0.2) is 30.3 Å². The molecule has 1 heterocycles. The van der Waals surface area contributed by atoms with Crippen molar-refractivity contribution in [1.82, 2.24) is 10.2 Å². The highest BCUT2D eigenvalue weighted by atomic mass is 16.2. The van der Waals surface area contributed by atoms with E-state index in [1.807, 2.05) is 37.4 Å². The number of nitrogens with zero attached hydrogens (tertiary/aromatic N) is 1. The number of likely N-dealkylation sites (tertiary alicyclic amines) is 1. The Labute approximate surface area is 187 Å². The summed E-state index contributed by atoms with van der Waals surface area (Å²) in [6.07, 6.45) is 9.33. The molecule has 0 spiro atoms. The third kappa shape index (κ3) is 3.24. The Morgan fingerprint density at radius 2 is 1.74 bits per heavy atom. The predicted octanol–water partition coefficient (Wildman–Crippen LogP) is 4.90. The summed E-state index contributed by atoms with van der Waals surface area (Å²) < 4.78 is 0. The van der Waals surface area contributed by atoms with Crippen molar-refractivity contribution in [2.75, 3.05) is 13.6 Å². The van der Waals surface area contributed by atoms with Gasteiger partial charge in [0.25, 0.3) is 5.91 Å². The summed E-state index contributed by atoms with van der Waals surface area (Å²) in [6.45, 7) is 5.81. The van der Waals surface area contributed by atoms with E-state index < -0.39 is 0 Å². The second-order valence-electron chi connectivity index (χ2n) is 11.4. The van der Waals surface area contributed by atoms with E-state index >= 15 is 0 Å². The van der Waals surface area contributed by atoms with E-state index in [2.05, 4.69) is 24.1 Å². The molecule has 4 nitrogen and oxygen atoms in total. The fourth-order valence-corrected chi connectivity index (χ4v) is 8.50. The fourth-order valence-electron chi connectivity index (χ4n) is 8.50. The van der Waals surface area contributed by atoms with Gasteiger partial charge in [-0.2, -0.15) is 0 Å². The van der Waals surface area contributed by atoms with E-state index in [4.69, 9.17) is 0 Å². The van der Waals surface area contributed by atoms with E-state index in [0.717, 1.165) is 42.7 Å². The van der Waals surface area contributed by atoms with E-state index in [9.17, 15) is 9.59 Å². The van der Waals surface area contributed by atoms with Gasteiger partial charge in [0.1, 0.15) is 0 Å². The summed E-state index contributed by atoms with van der Waals surface area (Å²) in [5.74, 6) is 3.28. The molecule has 4 fully saturated rings. The summed E-state index contributed by atoms with van der Waals surface area (Å²) >= 11 is 0. The second kappa shape index (κ2) is 7.64. The van der Waals surface area contributed by atoms with Gasteiger partial charge < -0.3 is 10.2 Å². The largest absolute Gasteiger partial charge is 0.352 e. The van der Waals surface area contributed by atoms with Crippen LogP contribution in [0.4, 0.5) is 0 Å². The predicted molar refractivity (Wildman–Crippen MR) is 122 cm³/mol. The quantitative estimate of drug-likeness (QED) is 0.753. The number of nitrogens with one attached hydrogen (secondary N) is 1. The van der Waals surface area contributed by atoms with Crippen molar-refractivity contribution in [3.63, 3.8) is 0 Å². The lowest BCUT2D eigenvalue weighted by atomic mass is 9.47. The minimum Gasteiger partial charge on any atom is -0.352 e. The van der Waals surface area contributed by atoms with Crippen LogP contribution in [0.3, 0.4) is 0 Å². The Kier molecular flexibility index (Phi) is 5.18. The highest BCUT2D eigenvalue weighted by molar-refractivity contribution is 5.94. The average Bonchev–Trinajstić information content (AvgIpc) is 3.12. The number of carbonyl (C=O) groups excluding carboxylic acids is 2. The Hall–Kier alpha value is -1.84.